The Morgan fingerprint density at radius 1 is 0.200 bits per heavy atom. The van der Waals surface area contributed by atoms with Crippen molar-refractivity contribution in [2.24, 2.45) is 0 Å². The van der Waals surface area contributed by atoms with E-state index in [1.54, 1.807) is 0 Å². The number of fused-ring (bicyclic) bond motifs is 12. The number of para-hydroxylation sites is 2. The van der Waals surface area contributed by atoms with E-state index in [1.807, 2.05) is 0 Å². The summed E-state index contributed by atoms with van der Waals surface area (Å²) in [4.78, 5) is 0. The van der Waals surface area contributed by atoms with Gasteiger partial charge in [-0.2, -0.15) is 0 Å². The van der Waals surface area contributed by atoms with Crippen molar-refractivity contribution in [1.82, 2.24) is 18.3 Å². The van der Waals surface area contributed by atoms with Crippen molar-refractivity contribution < 1.29 is 0 Å². The molecule has 0 saturated heterocycles. The molecule has 4 heterocycles. The molecule has 4 heteroatoms. The standard InChI is InChI=1S/C86H120N4/c1-5-9-13-17-21-25-29-33-37-45-59-87-79-51-43-41-49-71(79)75-65-85-77(67-83(75)87)73-57-55-69(63-81(73)89(85)61-47-39-35-31-27-23-19-15-11-7-3)53-54-70-56-58-74-78-68-84-76(66-86(78)90(82(74)64-70)62-48-40-36-32-28-24-20-16-12-8-4)72-50-42-44-52-80(72)88(84)60-46-38-34-30-26-22-18-14-10-6-2/h41-44,49-58,63-68H,5-40,45-48,59-62H2,1-4H3. The van der Waals surface area contributed by atoms with E-state index < -0.39 is 0 Å². The fourth-order valence-corrected chi connectivity index (χ4v) is 15.7. The van der Waals surface area contributed by atoms with Crippen LogP contribution in [0.15, 0.2) is 109 Å². The minimum absolute atomic E-state index is 1.05. The van der Waals surface area contributed by atoms with E-state index in [-0.39, 0.29) is 0 Å². The minimum Gasteiger partial charge on any atom is -0.340 e. The molecule has 10 rings (SSSR count). The van der Waals surface area contributed by atoms with Crippen molar-refractivity contribution in [2.45, 2.75) is 311 Å². The molecule has 90 heavy (non-hydrogen) atoms. The molecule has 0 unspecified atom stereocenters. The van der Waals surface area contributed by atoms with Gasteiger partial charge in [-0.15, -0.1) is 0 Å². The maximum atomic E-state index is 2.72. The zero-order chi connectivity index (χ0) is 62.0. The van der Waals surface area contributed by atoms with Crippen LogP contribution in [0.2, 0.25) is 0 Å². The third-order valence-corrected chi connectivity index (χ3v) is 21.0. The van der Waals surface area contributed by atoms with Crippen LogP contribution in [0.3, 0.4) is 0 Å². The maximum Gasteiger partial charge on any atom is 0.0499 e. The smallest absolute Gasteiger partial charge is 0.0499 e. The summed E-state index contributed by atoms with van der Waals surface area (Å²) in [5.74, 6) is 0. The molecule has 0 aliphatic heterocycles. The van der Waals surface area contributed by atoms with E-state index in [4.69, 9.17) is 0 Å². The maximum absolute atomic E-state index is 2.72. The zero-order valence-corrected chi connectivity index (χ0v) is 57.4. The van der Waals surface area contributed by atoms with Gasteiger partial charge in [-0.25, -0.2) is 0 Å². The van der Waals surface area contributed by atoms with Crippen LogP contribution in [-0.4, -0.2) is 18.3 Å². The first-order chi connectivity index (χ1) is 44.6. The third-order valence-electron chi connectivity index (χ3n) is 21.0. The van der Waals surface area contributed by atoms with Crippen LogP contribution >= 0.6 is 0 Å². The van der Waals surface area contributed by atoms with Gasteiger partial charge >= 0.3 is 0 Å². The lowest BCUT2D eigenvalue weighted by molar-refractivity contribution is 0.541. The molecule has 0 bridgehead atoms. The molecule has 0 atom stereocenters. The van der Waals surface area contributed by atoms with Crippen molar-refractivity contribution in [3.05, 3.63) is 120 Å². The lowest BCUT2D eigenvalue weighted by Gasteiger charge is -2.10. The van der Waals surface area contributed by atoms with Crippen molar-refractivity contribution in [3.63, 3.8) is 0 Å². The summed E-state index contributed by atoms with van der Waals surface area (Å²) in [6.45, 7) is 13.6. The monoisotopic (exact) mass is 1210 g/mol. The lowest BCUT2D eigenvalue weighted by Crippen LogP contribution is -1.99. The molecule has 0 aliphatic carbocycles. The van der Waals surface area contributed by atoms with Crippen LogP contribution in [0, 0.1) is 0 Å². The Labute approximate surface area is 545 Å². The van der Waals surface area contributed by atoms with Gasteiger partial charge in [0.15, 0.2) is 0 Å². The summed E-state index contributed by atoms with van der Waals surface area (Å²) in [5, 5.41) is 11.2. The Morgan fingerprint density at radius 2 is 0.411 bits per heavy atom. The molecule has 0 spiro atoms. The van der Waals surface area contributed by atoms with Crippen LogP contribution in [-0.2, 0) is 26.2 Å². The van der Waals surface area contributed by atoms with Gasteiger partial charge in [-0.3, -0.25) is 0 Å². The van der Waals surface area contributed by atoms with Gasteiger partial charge in [0, 0.05) is 113 Å². The predicted octanol–water partition coefficient (Wildman–Crippen LogP) is 28.0. The van der Waals surface area contributed by atoms with Crippen LogP contribution in [0.1, 0.15) is 296 Å². The second kappa shape index (κ2) is 36.5. The normalized spacial score (nSPS) is 12.4. The largest absolute Gasteiger partial charge is 0.340 e. The molecular weight excluding hydrogens is 1090 g/mol. The molecule has 6 aromatic carbocycles. The predicted molar refractivity (Wildman–Crippen MR) is 401 cm³/mol. The highest BCUT2D eigenvalue weighted by Crippen LogP contribution is 2.41. The fraction of sp³-hybridized carbons (Fsp3) is 0.558. The molecule has 0 radical (unpaired) electrons. The summed E-state index contributed by atoms with van der Waals surface area (Å²) in [5.41, 5.74) is 13.7. The fourth-order valence-electron chi connectivity index (χ4n) is 15.7. The van der Waals surface area contributed by atoms with E-state index in [9.17, 15) is 0 Å². The highest BCUT2D eigenvalue weighted by atomic mass is 15.0. The number of aromatic nitrogens is 4. The first-order valence-corrected chi connectivity index (χ1v) is 38.2. The molecule has 0 N–H and O–H groups in total. The summed E-state index contributed by atoms with van der Waals surface area (Å²) < 4.78 is 10.8. The van der Waals surface area contributed by atoms with Gasteiger partial charge in [0.2, 0.25) is 0 Å². The molecule has 0 fully saturated rings. The molecule has 0 aliphatic rings. The highest BCUT2D eigenvalue weighted by Gasteiger charge is 2.20. The summed E-state index contributed by atoms with van der Waals surface area (Å²) >= 11 is 0. The number of rotatable bonds is 46. The number of hydrogen-bond donors (Lipinski definition) is 0. The van der Waals surface area contributed by atoms with E-state index in [1.165, 1.54) is 355 Å². The van der Waals surface area contributed by atoms with Gasteiger partial charge in [-0.1, -0.05) is 332 Å². The summed E-state index contributed by atoms with van der Waals surface area (Å²) in [7, 11) is 0. The van der Waals surface area contributed by atoms with Crippen LogP contribution < -0.4 is 0 Å². The summed E-state index contributed by atoms with van der Waals surface area (Å²) in [6.07, 6.45) is 59.2. The Bertz CT molecular complexity index is 3530. The zero-order valence-electron chi connectivity index (χ0n) is 57.4. The second-order valence-corrected chi connectivity index (χ2v) is 28.0. The Hall–Kier alpha value is -5.74. The van der Waals surface area contributed by atoms with Gasteiger partial charge in [0.1, 0.15) is 0 Å². The number of benzene rings is 6. The first-order valence-electron chi connectivity index (χ1n) is 38.2. The number of hydrogen-bond acceptors (Lipinski definition) is 0. The Balaban J connectivity index is 0.931. The average Bonchev–Trinajstić information content (AvgIpc) is 1.60. The molecule has 4 aromatic heterocycles. The number of unbranched alkanes of at least 4 members (excludes halogenated alkanes) is 36. The third kappa shape index (κ3) is 17.7. The molecule has 4 nitrogen and oxygen atoms in total. The SMILES string of the molecule is CCCCCCCCCCCCn1c2ccccc2c2cc3c(cc21)c1ccc(C=Cc2ccc4c5cc6c(cc5n(CCCCCCCCCCCC)c4c2)c2ccccc2n6CCCCCCCCCCCC)cc1n3CCCCCCCCCCCC. The van der Waals surface area contributed by atoms with E-state index in [2.05, 4.69) is 167 Å². The van der Waals surface area contributed by atoms with Gasteiger partial charge < -0.3 is 18.3 Å². The van der Waals surface area contributed by atoms with E-state index in [0.29, 0.717) is 0 Å². The quantitative estimate of drug-likeness (QED) is 0.0268. The second-order valence-electron chi connectivity index (χ2n) is 28.0. The summed E-state index contributed by atoms with van der Waals surface area (Å²) in [6, 6.07) is 43.6. The van der Waals surface area contributed by atoms with Crippen LogP contribution in [0.4, 0.5) is 0 Å². The molecule has 0 saturated carbocycles. The Kier molecular flexibility index (Phi) is 27.2. The molecule has 484 valence electrons. The highest BCUT2D eigenvalue weighted by molar-refractivity contribution is 6.19. The van der Waals surface area contributed by atoms with Gasteiger partial charge in [-0.05, 0) is 85.3 Å². The van der Waals surface area contributed by atoms with Gasteiger partial charge in [0.25, 0.3) is 0 Å². The number of aryl methyl sites for hydroxylation is 4. The Morgan fingerprint density at radius 3 is 0.678 bits per heavy atom. The molecular formula is C86H120N4. The van der Waals surface area contributed by atoms with Crippen molar-refractivity contribution >= 4 is 99.4 Å². The van der Waals surface area contributed by atoms with E-state index in [0.717, 1.165) is 26.2 Å². The van der Waals surface area contributed by atoms with Gasteiger partial charge in [0.05, 0.1) is 0 Å². The molecule has 0 amide bonds. The molecule has 10 aromatic rings. The van der Waals surface area contributed by atoms with Crippen LogP contribution in [0.5, 0.6) is 0 Å². The topological polar surface area (TPSA) is 19.7 Å². The van der Waals surface area contributed by atoms with Crippen molar-refractivity contribution in [3.8, 4) is 0 Å². The lowest BCUT2D eigenvalue weighted by atomic mass is 10.1. The minimum atomic E-state index is 1.05. The van der Waals surface area contributed by atoms with Crippen molar-refractivity contribution in [1.29, 1.82) is 0 Å². The first kappa shape index (κ1) is 67.2. The number of nitrogens with zero attached hydrogens (tertiary/aromatic N) is 4. The van der Waals surface area contributed by atoms with Crippen molar-refractivity contribution in [2.75, 3.05) is 0 Å². The average molecular weight is 1210 g/mol. The van der Waals surface area contributed by atoms with E-state index >= 15 is 0 Å². The van der Waals surface area contributed by atoms with Crippen LogP contribution in [0.25, 0.3) is 99.4 Å².